The first-order valence-corrected chi connectivity index (χ1v) is 7.73. The van der Waals surface area contributed by atoms with E-state index in [1.165, 1.54) is 4.90 Å². The SMILES string of the molecule is C[C@@H]1C[NH+](C)[C@@H](C)C[C@]1(O)C#CCN(C)c1ccccc1. The Balaban J connectivity index is 2.01. The van der Waals surface area contributed by atoms with Crippen LogP contribution in [0.2, 0.25) is 0 Å². The lowest BCUT2D eigenvalue weighted by molar-refractivity contribution is -0.915. The van der Waals surface area contributed by atoms with E-state index in [9.17, 15) is 5.11 Å². The van der Waals surface area contributed by atoms with Gasteiger partial charge in [-0.3, -0.25) is 0 Å². The molecule has 0 aromatic heterocycles. The highest BCUT2D eigenvalue weighted by molar-refractivity contribution is 5.46. The standard InChI is InChI=1S/C18H26N2O/c1-15-14-20(4)16(2)13-18(15,21)11-8-12-19(3)17-9-6-5-7-10-17/h5-7,9-10,15-16,21H,12-14H2,1-4H3/p+1/t15-,16+,18-/m1/s1. The van der Waals surface area contributed by atoms with Gasteiger partial charge in [-0.1, -0.05) is 37.0 Å². The van der Waals surface area contributed by atoms with Crippen LogP contribution in [0.4, 0.5) is 5.69 Å². The highest BCUT2D eigenvalue weighted by Crippen LogP contribution is 2.24. The molecule has 0 bridgehead atoms. The van der Waals surface area contributed by atoms with Gasteiger partial charge in [0.05, 0.1) is 26.2 Å². The molecule has 1 aromatic carbocycles. The first-order chi connectivity index (χ1) is 9.92. The zero-order valence-electron chi connectivity index (χ0n) is 13.6. The van der Waals surface area contributed by atoms with Crippen molar-refractivity contribution < 1.29 is 10.0 Å². The van der Waals surface area contributed by atoms with Crippen molar-refractivity contribution in [1.29, 1.82) is 0 Å². The van der Waals surface area contributed by atoms with Crippen molar-refractivity contribution in [3.8, 4) is 11.8 Å². The van der Waals surface area contributed by atoms with Crippen LogP contribution in [0.25, 0.3) is 0 Å². The van der Waals surface area contributed by atoms with Crippen LogP contribution in [-0.2, 0) is 0 Å². The number of rotatable bonds is 2. The molecule has 1 heterocycles. The minimum Gasteiger partial charge on any atom is -0.377 e. The quantitative estimate of drug-likeness (QED) is 0.788. The zero-order chi connectivity index (χ0) is 15.5. The fourth-order valence-corrected chi connectivity index (χ4v) is 2.95. The molecule has 1 saturated heterocycles. The summed E-state index contributed by atoms with van der Waals surface area (Å²) in [6, 6.07) is 10.6. The van der Waals surface area contributed by atoms with Gasteiger partial charge in [0.15, 0.2) is 0 Å². The molecule has 3 heteroatoms. The number of nitrogens with one attached hydrogen (secondary N) is 1. The molecule has 0 aliphatic carbocycles. The van der Waals surface area contributed by atoms with Gasteiger partial charge in [0.2, 0.25) is 0 Å². The molecule has 3 nitrogen and oxygen atoms in total. The van der Waals surface area contributed by atoms with E-state index in [4.69, 9.17) is 0 Å². The highest BCUT2D eigenvalue weighted by Gasteiger charge is 2.42. The minimum atomic E-state index is -0.837. The Bertz CT molecular complexity index is 519. The predicted octanol–water partition coefficient (Wildman–Crippen LogP) is 0.800. The average molecular weight is 287 g/mol. The van der Waals surface area contributed by atoms with Gasteiger partial charge in [-0.05, 0) is 19.1 Å². The Morgan fingerprint density at radius 3 is 2.67 bits per heavy atom. The Kier molecular flexibility index (Phi) is 4.92. The number of likely N-dealkylation sites (tertiary alicyclic amines) is 1. The molecule has 2 rings (SSSR count). The van der Waals surface area contributed by atoms with E-state index < -0.39 is 5.60 Å². The molecule has 1 aliphatic rings. The van der Waals surface area contributed by atoms with Gasteiger partial charge in [0, 0.05) is 25.1 Å². The number of hydrogen-bond donors (Lipinski definition) is 2. The normalized spacial score (nSPS) is 32.1. The second kappa shape index (κ2) is 6.51. The third-order valence-electron chi connectivity index (χ3n) is 4.72. The largest absolute Gasteiger partial charge is 0.377 e. The van der Waals surface area contributed by atoms with Crippen LogP contribution < -0.4 is 9.80 Å². The highest BCUT2D eigenvalue weighted by atomic mass is 16.3. The smallest absolute Gasteiger partial charge is 0.139 e. The van der Waals surface area contributed by atoms with Crippen LogP contribution in [0.1, 0.15) is 20.3 Å². The molecule has 0 spiro atoms. The van der Waals surface area contributed by atoms with E-state index >= 15 is 0 Å². The van der Waals surface area contributed by atoms with Crippen LogP contribution in [0.3, 0.4) is 0 Å². The monoisotopic (exact) mass is 287 g/mol. The van der Waals surface area contributed by atoms with E-state index in [0.29, 0.717) is 12.6 Å². The van der Waals surface area contributed by atoms with Crippen molar-refractivity contribution in [3.05, 3.63) is 30.3 Å². The first-order valence-electron chi connectivity index (χ1n) is 7.73. The van der Waals surface area contributed by atoms with Crippen LogP contribution in [0.15, 0.2) is 30.3 Å². The van der Waals surface area contributed by atoms with Crippen LogP contribution in [0.5, 0.6) is 0 Å². The van der Waals surface area contributed by atoms with Gasteiger partial charge < -0.3 is 14.9 Å². The minimum absolute atomic E-state index is 0.211. The van der Waals surface area contributed by atoms with Gasteiger partial charge in [0.25, 0.3) is 0 Å². The molecule has 0 amide bonds. The predicted molar refractivity (Wildman–Crippen MR) is 87.4 cm³/mol. The summed E-state index contributed by atoms with van der Waals surface area (Å²) in [4.78, 5) is 3.58. The molecular formula is C18H27N2O+. The van der Waals surface area contributed by atoms with Gasteiger partial charge in [0.1, 0.15) is 5.60 Å². The number of benzene rings is 1. The van der Waals surface area contributed by atoms with E-state index in [2.05, 4.69) is 49.8 Å². The Labute approximate surface area is 128 Å². The van der Waals surface area contributed by atoms with E-state index in [1.807, 2.05) is 25.2 Å². The second-order valence-electron chi connectivity index (χ2n) is 6.47. The molecule has 1 aromatic rings. The van der Waals surface area contributed by atoms with Crippen molar-refractivity contribution in [3.63, 3.8) is 0 Å². The van der Waals surface area contributed by atoms with Crippen LogP contribution in [0, 0.1) is 17.8 Å². The van der Waals surface area contributed by atoms with Crippen molar-refractivity contribution in [1.82, 2.24) is 0 Å². The molecule has 1 aliphatic heterocycles. The molecule has 114 valence electrons. The summed E-state index contributed by atoms with van der Waals surface area (Å²) in [5.74, 6) is 6.54. The molecule has 2 N–H and O–H groups in total. The lowest BCUT2D eigenvalue weighted by Crippen LogP contribution is -3.15. The number of para-hydroxylation sites is 1. The van der Waals surface area contributed by atoms with Gasteiger partial charge in [-0.15, -0.1) is 0 Å². The maximum absolute atomic E-state index is 10.8. The molecule has 4 atom stereocenters. The summed E-state index contributed by atoms with van der Waals surface area (Å²) >= 11 is 0. The summed E-state index contributed by atoms with van der Waals surface area (Å²) in [5.41, 5.74) is 0.309. The second-order valence-corrected chi connectivity index (χ2v) is 6.47. The first kappa shape index (κ1) is 15.9. The Morgan fingerprint density at radius 1 is 1.33 bits per heavy atom. The third-order valence-corrected chi connectivity index (χ3v) is 4.72. The van der Waals surface area contributed by atoms with Gasteiger partial charge in [-0.2, -0.15) is 0 Å². The molecule has 1 fully saturated rings. The maximum atomic E-state index is 10.8. The summed E-state index contributed by atoms with van der Waals surface area (Å²) < 4.78 is 0. The molecular weight excluding hydrogens is 260 g/mol. The summed E-state index contributed by atoms with van der Waals surface area (Å²) in [5, 5.41) is 10.8. The van der Waals surface area contributed by atoms with E-state index in [0.717, 1.165) is 18.7 Å². The Hall–Kier alpha value is -1.50. The number of quaternary nitrogens is 1. The lowest BCUT2D eigenvalue weighted by atomic mass is 9.79. The number of anilines is 1. The molecule has 1 unspecified atom stereocenters. The lowest BCUT2D eigenvalue weighted by Gasteiger charge is -2.40. The number of hydrogen-bond acceptors (Lipinski definition) is 2. The summed E-state index contributed by atoms with van der Waals surface area (Å²) in [6.45, 7) is 5.89. The summed E-state index contributed by atoms with van der Waals surface area (Å²) in [6.07, 6.45) is 0.752. The van der Waals surface area contributed by atoms with Crippen LogP contribution in [-0.4, -0.2) is 43.9 Å². The van der Waals surface area contributed by atoms with Crippen molar-refractivity contribution in [2.75, 3.05) is 32.1 Å². The van der Waals surface area contributed by atoms with Crippen molar-refractivity contribution in [2.45, 2.75) is 31.9 Å². The fourth-order valence-electron chi connectivity index (χ4n) is 2.95. The van der Waals surface area contributed by atoms with Gasteiger partial charge >= 0.3 is 0 Å². The summed E-state index contributed by atoms with van der Waals surface area (Å²) in [7, 11) is 4.22. The topological polar surface area (TPSA) is 27.9 Å². The Morgan fingerprint density at radius 2 is 2.00 bits per heavy atom. The zero-order valence-corrected chi connectivity index (χ0v) is 13.6. The number of piperidine rings is 1. The van der Waals surface area contributed by atoms with Crippen molar-refractivity contribution in [2.24, 2.45) is 5.92 Å². The number of aliphatic hydroxyl groups is 1. The average Bonchev–Trinajstić information content (AvgIpc) is 2.46. The maximum Gasteiger partial charge on any atom is 0.139 e. The molecule has 0 saturated carbocycles. The molecule has 21 heavy (non-hydrogen) atoms. The van der Waals surface area contributed by atoms with Crippen molar-refractivity contribution >= 4 is 5.69 Å². The fraction of sp³-hybridized carbons (Fsp3) is 0.556. The number of nitrogens with zero attached hydrogens (tertiary/aromatic N) is 1. The molecule has 0 radical (unpaired) electrons. The van der Waals surface area contributed by atoms with Gasteiger partial charge in [-0.25, -0.2) is 0 Å². The van der Waals surface area contributed by atoms with E-state index in [-0.39, 0.29) is 5.92 Å². The van der Waals surface area contributed by atoms with Crippen LogP contribution >= 0.6 is 0 Å². The third kappa shape index (κ3) is 3.78. The van der Waals surface area contributed by atoms with E-state index in [1.54, 1.807) is 0 Å².